The van der Waals surface area contributed by atoms with Crippen LogP contribution in [0.15, 0.2) is 33.9 Å². The average molecular weight is 556 g/mol. The number of rotatable bonds is 6. The largest absolute Gasteiger partial charge is 0.333 e. The van der Waals surface area contributed by atoms with E-state index in [1.165, 1.54) is 33.6 Å². The minimum atomic E-state index is -4.13. The molecule has 1 atom stereocenters. The Kier molecular flexibility index (Phi) is 6.73. The summed E-state index contributed by atoms with van der Waals surface area (Å²) >= 11 is 6.86. The molecule has 1 aliphatic heterocycles. The predicted molar refractivity (Wildman–Crippen MR) is 137 cm³/mol. The number of urea groups is 1. The molecule has 0 unspecified atom stereocenters. The molecule has 2 amide bonds. The van der Waals surface area contributed by atoms with Gasteiger partial charge in [-0.05, 0) is 85.8 Å². The topological polar surface area (TPSA) is 113 Å². The molecule has 2 aliphatic carbocycles. The Labute approximate surface area is 214 Å². The summed E-state index contributed by atoms with van der Waals surface area (Å²) in [5.41, 5.74) is 5.44. The Bertz CT molecular complexity index is 1380. The van der Waals surface area contributed by atoms with Gasteiger partial charge in [-0.15, -0.1) is 11.3 Å². The summed E-state index contributed by atoms with van der Waals surface area (Å²) < 4.78 is 55.0. The van der Waals surface area contributed by atoms with Crippen LogP contribution in [0.3, 0.4) is 0 Å². The van der Waals surface area contributed by atoms with Crippen LogP contribution >= 0.6 is 22.9 Å². The molecule has 5 rings (SSSR count). The maximum atomic E-state index is 13.0. The van der Waals surface area contributed by atoms with Crippen LogP contribution in [-0.2, 0) is 45.7 Å². The van der Waals surface area contributed by atoms with Crippen LogP contribution < -0.4 is 10.0 Å². The maximum absolute atomic E-state index is 13.0. The highest BCUT2D eigenvalue weighted by Crippen LogP contribution is 2.38. The second kappa shape index (κ2) is 9.51. The lowest BCUT2D eigenvalue weighted by Gasteiger charge is -2.20. The van der Waals surface area contributed by atoms with Gasteiger partial charge in [0.2, 0.25) is 0 Å². The molecule has 3 aliphatic rings. The van der Waals surface area contributed by atoms with Crippen molar-refractivity contribution in [1.29, 1.82) is 0 Å². The highest BCUT2D eigenvalue weighted by atomic mass is 35.5. The highest BCUT2D eigenvalue weighted by molar-refractivity contribution is 7.93. The minimum absolute atomic E-state index is 0.117. The van der Waals surface area contributed by atoms with E-state index in [9.17, 15) is 21.6 Å². The Balaban J connectivity index is 1.29. The number of aryl methyl sites for hydroxylation is 2. The molecule has 0 spiro atoms. The van der Waals surface area contributed by atoms with Crippen LogP contribution in [0.2, 0.25) is 4.34 Å². The Morgan fingerprint density at radius 3 is 2.34 bits per heavy atom. The zero-order valence-electron chi connectivity index (χ0n) is 18.9. The first-order valence-corrected chi connectivity index (χ1v) is 15.8. The number of anilines is 1. The van der Waals surface area contributed by atoms with E-state index in [0.717, 1.165) is 72.1 Å². The molecule has 0 saturated carbocycles. The van der Waals surface area contributed by atoms with E-state index in [4.69, 9.17) is 11.6 Å². The summed E-state index contributed by atoms with van der Waals surface area (Å²) in [7, 11) is -7.92. The van der Waals surface area contributed by atoms with Crippen molar-refractivity contribution < 1.29 is 21.6 Å². The number of sulfonamides is 2. The van der Waals surface area contributed by atoms with Gasteiger partial charge in [0.05, 0.1) is 4.34 Å². The summed E-state index contributed by atoms with van der Waals surface area (Å²) in [6.07, 6.45) is 8.13. The Hall–Kier alpha value is -1.92. The van der Waals surface area contributed by atoms with Crippen LogP contribution in [-0.4, -0.2) is 39.8 Å². The minimum Gasteiger partial charge on any atom is -0.307 e. The van der Waals surface area contributed by atoms with Crippen molar-refractivity contribution in [1.82, 2.24) is 9.03 Å². The molecule has 2 heterocycles. The molecule has 1 saturated heterocycles. The SMILES string of the molecule is O=C(Nc1c2c(cc3c1CCC3)CCC2)NS(=O)(=O)/C=C/[C@@H]1CCCN1S(=O)(=O)c1ccc(Cl)s1. The standard InChI is InChI=1S/C23H26ClN3O5S3/c24-20-9-10-21(33-20)35(31,32)27-12-3-6-17(27)11-13-34(29,30)26-23(28)25-22-18-7-1-4-15(18)14-16-5-2-8-19(16)22/h9-11,13-14,17H,1-8,12H2,(H2,25,26,28)/b13-11+/t17-/m0/s1. The van der Waals surface area contributed by atoms with Gasteiger partial charge in [-0.2, -0.15) is 4.31 Å². The number of carbonyl (C=O) groups is 1. The zero-order valence-corrected chi connectivity index (χ0v) is 22.1. The number of amides is 2. The first kappa shape index (κ1) is 24.8. The van der Waals surface area contributed by atoms with Crippen molar-refractivity contribution in [3.8, 4) is 0 Å². The fourth-order valence-electron chi connectivity index (χ4n) is 5.27. The normalized spacial score (nSPS) is 20.3. The molecular formula is C23H26ClN3O5S3. The number of nitrogens with zero attached hydrogens (tertiary/aromatic N) is 1. The number of thiophene rings is 1. The van der Waals surface area contributed by atoms with Gasteiger partial charge in [-0.1, -0.05) is 23.7 Å². The average Bonchev–Trinajstić information content (AvgIpc) is 3.57. The van der Waals surface area contributed by atoms with Crippen LogP contribution in [0.4, 0.5) is 10.5 Å². The molecule has 0 bridgehead atoms. The Morgan fingerprint density at radius 2 is 1.71 bits per heavy atom. The molecule has 1 aromatic carbocycles. The fourth-order valence-corrected chi connectivity index (χ4v) is 9.30. The van der Waals surface area contributed by atoms with Gasteiger partial charge in [-0.25, -0.2) is 26.4 Å². The molecule has 1 fully saturated rings. The summed E-state index contributed by atoms with van der Waals surface area (Å²) in [5.74, 6) is 0. The van der Waals surface area contributed by atoms with Crippen molar-refractivity contribution in [3.05, 3.63) is 56.3 Å². The first-order valence-electron chi connectivity index (χ1n) is 11.6. The highest BCUT2D eigenvalue weighted by Gasteiger charge is 2.35. The van der Waals surface area contributed by atoms with Crippen molar-refractivity contribution in [2.75, 3.05) is 11.9 Å². The van der Waals surface area contributed by atoms with E-state index in [2.05, 4.69) is 16.1 Å². The van der Waals surface area contributed by atoms with Crippen molar-refractivity contribution >= 4 is 54.7 Å². The van der Waals surface area contributed by atoms with Gasteiger partial charge in [0.25, 0.3) is 20.0 Å². The number of carbonyl (C=O) groups excluding carboxylic acids is 1. The van der Waals surface area contributed by atoms with Crippen LogP contribution in [0, 0.1) is 0 Å². The van der Waals surface area contributed by atoms with Crippen molar-refractivity contribution in [2.45, 2.75) is 61.6 Å². The fraction of sp³-hybridized carbons (Fsp3) is 0.435. The monoisotopic (exact) mass is 555 g/mol. The van der Waals surface area contributed by atoms with Crippen LogP contribution in [0.5, 0.6) is 0 Å². The second-order valence-electron chi connectivity index (χ2n) is 9.05. The summed E-state index contributed by atoms with van der Waals surface area (Å²) in [6, 6.07) is 3.76. The van der Waals surface area contributed by atoms with E-state index >= 15 is 0 Å². The van der Waals surface area contributed by atoms with Gasteiger partial charge in [0.15, 0.2) is 0 Å². The van der Waals surface area contributed by atoms with Crippen molar-refractivity contribution in [3.63, 3.8) is 0 Å². The summed E-state index contributed by atoms with van der Waals surface area (Å²) in [5, 5.41) is 3.68. The molecule has 188 valence electrons. The zero-order chi connectivity index (χ0) is 24.8. The smallest absolute Gasteiger partial charge is 0.307 e. The van der Waals surface area contributed by atoms with E-state index < -0.39 is 32.1 Å². The van der Waals surface area contributed by atoms with E-state index in [-0.39, 0.29) is 10.8 Å². The molecule has 35 heavy (non-hydrogen) atoms. The number of hydrogen-bond acceptors (Lipinski definition) is 6. The maximum Gasteiger partial charge on any atom is 0.333 e. The quantitative estimate of drug-likeness (QED) is 0.555. The number of fused-ring (bicyclic) bond motifs is 2. The molecule has 8 nitrogen and oxygen atoms in total. The van der Waals surface area contributed by atoms with Gasteiger partial charge in [-0.3, -0.25) is 0 Å². The van der Waals surface area contributed by atoms with Crippen LogP contribution in [0.25, 0.3) is 0 Å². The van der Waals surface area contributed by atoms with Gasteiger partial charge in [0, 0.05) is 23.7 Å². The van der Waals surface area contributed by atoms with Gasteiger partial charge in [0.1, 0.15) is 4.21 Å². The third-order valence-electron chi connectivity index (χ3n) is 6.79. The number of halogens is 1. The molecule has 12 heteroatoms. The lowest BCUT2D eigenvalue weighted by atomic mass is 9.99. The molecular weight excluding hydrogens is 530 g/mol. The van der Waals surface area contributed by atoms with E-state index in [1.54, 1.807) is 0 Å². The van der Waals surface area contributed by atoms with E-state index in [0.29, 0.717) is 17.2 Å². The lowest BCUT2D eigenvalue weighted by molar-refractivity contribution is 0.256. The third kappa shape index (κ3) is 5.01. The predicted octanol–water partition coefficient (Wildman–Crippen LogP) is 4.20. The molecule has 2 N–H and O–H groups in total. The second-order valence-corrected chi connectivity index (χ2v) is 14.4. The number of benzene rings is 1. The third-order valence-corrected chi connectivity index (χ3v) is 11.4. The first-order chi connectivity index (χ1) is 16.6. The Morgan fingerprint density at radius 1 is 1.03 bits per heavy atom. The summed E-state index contributed by atoms with van der Waals surface area (Å²) in [4.78, 5) is 12.7. The van der Waals surface area contributed by atoms with Gasteiger partial charge < -0.3 is 5.32 Å². The van der Waals surface area contributed by atoms with E-state index in [1.807, 2.05) is 0 Å². The van der Waals surface area contributed by atoms with Crippen molar-refractivity contribution in [2.24, 2.45) is 0 Å². The molecule has 1 aromatic heterocycles. The summed E-state index contributed by atoms with van der Waals surface area (Å²) in [6.45, 7) is 0.283. The van der Waals surface area contributed by atoms with Gasteiger partial charge >= 0.3 is 6.03 Å². The number of hydrogen-bond donors (Lipinski definition) is 2. The lowest BCUT2D eigenvalue weighted by Crippen LogP contribution is -2.35. The molecule has 0 radical (unpaired) electrons. The molecule has 2 aromatic rings. The number of nitrogens with one attached hydrogen (secondary N) is 2. The van der Waals surface area contributed by atoms with Crippen LogP contribution in [0.1, 0.15) is 47.9 Å².